The lowest BCUT2D eigenvalue weighted by Crippen LogP contribution is -2.33. The molecule has 21 heavy (non-hydrogen) atoms. The Bertz CT molecular complexity index is 522. The molecule has 118 valence electrons. The number of thioether (sulfide) groups is 1. The largest absolute Gasteiger partial charge is 0.343 e. The van der Waals surface area contributed by atoms with Crippen LogP contribution in [-0.2, 0) is 11.2 Å². The fraction of sp³-hybridized carbons (Fsp3) is 0.667. The molecule has 0 fully saturated rings. The minimum atomic E-state index is -0.128. The Labute approximate surface area is 130 Å². The molecule has 1 rings (SSSR count). The number of aromatic nitrogens is 2. The van der Waals surface area contributed by atoms with Crippen LogP contribution in [0.15, 0.2) is 9.95 Å². The first kappa shape index (κ1) is 17.8. The van der Waals surface area contributed by atoms with Crippen LogP contribution in [0.5, 0.6) is 0 Å². The van der Waals surface area contributed by atoms with E-state index in [2.05, 4.69) is 23.8 Å². The second-order valence-corrected chi connectivity index (χ2v) is 5.81. The molecule has 0 unspecified atom stereocenters. The first-order chi connectivity index (χ1) is 10.0. The zero-order valence-electron chi connectivity index (χ0n) is 13.4. The number of carbonyl (C=O) groups excluding carboxylic acids is 1. The van der Waals surface area contributed by atoms with E-state index in [0.29, 0.717) is 29.3 Å². The van der Waals surface area contributed by atoms with E-state index in [9.17, 15) is 9.59 Å². The molecule has 0 atom stereocenters. The third-order valence-corrected chi connectivity index (χ3v) is 3.90. The number of nitrogens with one attached hydrogen (secondary N) is 1. The van der Waals surface area contributed by atoms with E-state index >= 15 is 0 Å². The number of nitrogens with zero attached hydrogens (tertiary/aromatic N) is 2. The topological polar surface area (TPSA) is 66.1 Å². The number of hydrogen-bond acceptors (Lipinski definition) is 4. The van der Waals surface area contributed by atoms with Crippen molar-refractivity contribution in [3.8, 4) is 0 Å². The van der Waals surface area contributed by atoms with Gasteiger partial charge < -0.3 is 9.88 Å². The van der Waals surface area contributed by atoms with E-state index in [1.54, 1.807) is 0 Å². The molecule has 0 bridgehead atoms. The summed E-state index contributed by atoms with van der Waals surface area (Å²) in [7, 11) is 0. The van der Waals surface area contributed by atoms with Crippen LogP contribution in [0.1, 0.15) is 44.4 Å². The van der Waals surface area contributed by atoms with Crippen molar-refractivity contribution in [1.82, 2.24) is 14.9 Å². The number of rotatable bonds is 8. The Hall–Kier alpha value is -1.30. The van der Waals surface area contributed by atoms with E-state index in [-0.39, 0.29) is 11.5 Å². The third-order valence-electron chi connectivity index (χ3n) is 3.32. The van der Waals surface area contributed by atoms with Gasteiger partial charge in [-0.2, -0.15) is 0 Å². The van der Waals surface area contributed by atoms with E-state index in [0.717, 1.165) is 25.9 Å². The zero-order chi connectivity index (χ0) is 15.8. The third kappa shape index (κ3) is 5.19. The predicted molar refractivity (Wildman–Crippen MR) is 86.9 cm³/mol. The lowest BCUT2D eigenvalue weighted by Gasteiger charge is -2.21. The quantitative estimate of drug-likeness (QED) is 0.591. The summed E-state index contributed by atoms with van der Waals surface area (Å²) in [6.45, 7) is 7.52. The van der Waals surface area contributed by atoms with Crippen LogP contribution in [0, 0.1) is 6.92 Å². The number of amides is 1. The lowest BCUT2D eigenvalue weighted by atomic mass is 10.1. The summed E-state index contributed by atoms with van der Waals surface area (Å²) in [6, 6.07) is 0. The number of aromatic amines is 1. The van der Waals surface area contributed by atoms with Gasteiger partial charge in [-0.3, -0.25) is 9.59 Å². The summed E-state index contributed by atoms with van der Waals surface area (Å²) < 4.78 is 0. The average Bonchev–Trinajstić information content (AvgIpc) is 2.45. The van der Waals surface area contributed by atoms with Gasteiger partial charge in [-0.1, -0.05) is 25.6 Å². The highest BCUT2D eigenvalue weighted by atomic mass is 32.2. The summed E-state index contributed by atoms with van der Waals surface area (Å²) in [5.41, 5.74) is 1.21. The van der Waals surface area contributed by atoms with Crippen LogP contribution in [0.4, 0.5) is 0 Å². The van der Waals surface area contributed by atoms with Gasteiger partial charge in [0.05, 0.1) is 0 Å². The molecular weight excluding hydrogens is 286 g/mol. The molecule has 1 aromatic heterocycles. The molecule has 6 heteroatoms. The van der Waals surface area contributed by atoms with Gasteiger partial charge in [-0.15, -0.1) is 0 Å². The van der Waals surface area contributed by atoms with Crippen LogP contribution in [0.2, 0.25) is 0 Å². The standard InChI is InChI=1S/C15H25N3O2S/c1-5-9-18(10-6-2)13(19)8-7-12-11(3)16-15(21-4)17-14(12)20/h5-10H2,1-4H3,(H,16,17,20). The van der Waals surface area contributed by atoms with E-state index < -0.39 is 0 Å². The minimum Gasteiger partial charge on any atom is -0.343 e. The van der Waals surface area contributed by atoms with Gasteiger partial charge in [0.25, 0.3) is 5.56 Å². The number of carbonyl (C=O) groups is 1. The van der Waals surface area contributed by atoms with Gasteiger partial charge in [0.15, 0.2) is 5.16 Å². The Morgan fingerprint density at radius 2 is 1.90 bits per heavy atom. The van der Waals surface area contributed by atoms with Crippen LogP contribution in [0.3, 0.4) is 0 Å². The van der Waals surface area contributed by atoms with Crippen LogP contribution in [-0.4, -0.2) is 40.1 Å². The maximum absolute atomic E-state index is 12.2. The van der Waals surface area contributed by atoms with Crippen LogP contribution >= 0.6 is 11.8 Å². The van der Waals surface area contributed by atoms with Crippen molar-refractivity contribution in [3.63, 3.8) is 0 Å². The van der Waals surface area contributed by atoms with E-state index in [1.165, 1.54) is 11.8 Å². The molecule has 0 aliphatic heterocycles. The smallest absolute Gasteiger partial charge is 0.254 e. The predicted octanol–water partition coefficient (Wildman–Crippen LogP) is 2.38. The fourth-order valence-corrected chi connectivity index (χ4v) is 2.69. The second kappa shape index (κ2) is 8.87. The molecule has 0 saturated carbocycles. The van der Waals surface area contributed by atoms with Gasteiger partial charge in [-0.25, -0.2) is 4.98 Å². The van der Waals surface area contributed by atoms with Crippen molar-refractivity contribution < 1.29 is 4.79 Å². The maximum atomic E-state index is 12.2. The summed E-state index contributed by atoms with van der Waals surface area (Å²) >= 11 is 1.41. The summed E-state index contributed by atoms with van der Waals surface area (Å²) in [4.78, 5) is 33.2. The fourth-order valence-electron chi connectivity index (χ4n) is 2.27. The molecule has 0 aliphatic rings. The molecule has 1 N–H and O–H groups in total. The Balaban J connectivity index is 2.74. The van der Waals surface area contributed by atoms with Gasteiger partial charge in [-0.05, 0) is 32.4 Å². The van der Waals surface area contributed by atoms with Crippen molar-refractivity contribution in [1.29, 1.82) is 0 Å². The van der Waals surface area contributed by atoms with Crippen molar-refractivity contribution in [3.05, 3.63) is 21.6 Å². The molecule has 0 aromatic carbocycles. The van der Waals surface area contributed by atoms with E-state index in [1.807, 2.05) is 18.1 Å². The first-order valence-electron chi connectivity index (χ1n) is 7.45. The molecule has 1 amide bonds. The number of aryl methyl sites for hydroxylation is 1. The molecule has 0 saturated heterocycles. The maximum Gasteiger partial charge on any atom is 0.254 e. The highest BCUT2D eigenvalue weighted by Crippen LogP contribution is 2.10. The van der Waals surface area contributed by atoms with Gasteiger partial charge in [0.1, 0.15) is 0 Å². The molecule has 1 aromatic rings. The summed E-state index contributed by atoms with van der Waals surface area (Å²) in [5, 5.41) is 0.617. The monoisotopic (exact) mass is 311 g/mol. The van der Waals surface area contributed by atoms with E-state index in [4.69, 9.17) is 0 Å². The Morgan fingerprint density at radius 1 is 1.29 bits per heavy atom. The minimum absolute atomic E-state index is 0.117. The van der Waals surface area contributed by atoms with Gasteiger partial charge in [0.2, 0.25) is 5.91 Å². The summed E-state index contributed by atoms with van der Waals surface area (Å²) in [6.07, 6.45) is 4.59. The SMILES string of the molecule is CCCN(CCC)C(=O)CCc1c(C)nc(SC)[nH]c1=O. The second-order valence-electron chi connectivity index (χ2n) is 5.02. The highest BCUT2D eigenvalue weighted by Gasteiger charge is 2.14. The number of hydrogen-bond donors (Lipinski definition) is 1. The van der Waals surface area contributed by atoms with Crippen molar-refractivity contribution >= 4 is 17.7 Å². The van der Waals surface area contributed by atoms with Gasteiger partial charge in [0, 0.05) is 30.8 Å². The van der Waals surface area contributed by atoms with Crippen LogP contribution in [0.25, 0.3) is 0 Å². The molecule has 0 radical (unpaired) electrons. The van der Waals surface area contributed by atoms with Crippen LogP contribution < -0.4 is 5.56 Å². The van der Waals surface area contributed by atoms with Crippen molar-refractivity contribution in [2.75, 3.05) is 19.3 Å². The normalized spacial score (nSPS) is 10.7. The number of H-pyrrole nitrogens is 1. The van der Waals surface area contributed by atoms with Gasteiger partial charge >= 0.3 is 0 Å². The molecule has 1 heterocycles. The molecule has 5 nitrogen and oxygen atoms in total. The molecule has 0 spiro atoms. The lowest BCUT2D eigenvalue weighted by molar-refractivity contribution is -0.131. The Morgan fingerprint density at radius 3 is 2.38 bits per heavy atom. The average molecular weight is 311 g/mol. The summed E-state index contributed by atoms with van der Waals surface area (Å²) in [5.74, 6) is 0.117. The molecule has 0 aliphatic carbocycles. The zero-order valence-corrected chi connectivity index (χ0v) is 14.2. The highest BCUT2D eigenvalue weighted by molar-refractivity contribution is 7.98. The first-order valence-corrected chi connectivity index (χ1v) is 8.67. The van der Waals surface area contributed by atoms with Crippen molar-refractivity contribution in [2.24, 2.45) is 0 Å². The Kier molecular flexibility index (Phi) is 7.50. The molecular formula is C15H25N3O2S. The van der Waals surface area contributed by atoms with Crippen molar-refractivity contribution in [2.45, 2.75) is 51.6 Å².